The molecule has 3 nitrogen and oxygen atoms in total. The third kappa shape index (κ3) is 3.15. The van der Waals surface area contributed by atoms with Crippen LogP contribution in [0.2, 0.25) is 0 Å². The van der Waals surface area contributed by atoms with Gasteiger partial charge in [-0.25, -0.2) is 0 Å². The van der Waals surface area contributed by atoms with Crippen LogP contribution in [0.1, 0.15) is 53.9 Å². The smallest absolute Gasteiger partial charge is 0.252 e. The number of thioether (sulfide) groups is 1. The maximum Gasteiger partial charge on any atom is 0.252 e. The maximum atomic E-state index is 12.3. The molecular weight excluding hydrogens is 256 g/mol. The fourth-order valence-corrected chi connectivity index (χ4v) is 4.19. The van der Waals surface area contributed by atoms with Crippen molar-refractivity contribution in [2.24, 2.45) is 16.3 Å². The normalized spacial score (nSPS) is 30.6. The minimum Gasteiger partial charge on any atom is -0.349 e. The lowest BCUT2D eigenvalue weighted by atomic mass is 9.71. The van der Waals surface area contributed by atoms with Crippen molar-refractivity contribution in [3.05, 3.63) is 0 Å². The molecule has 0 bridgehead atoms. The number of rotatable bonds is 0. The van der Waals surface area contributed by atoms with Gasteiger partial charge < -0.3 is 4.90 Å². The first-order valence-electron chi connectivity index (χ1n) is 7.13. The Balaban J connectivity index is 2.19. The number of amidine groups is 1. The molecule has 2 rings (SSSR count). The summed E-state index contributed by atoms with van der Waals surface area (Å²) < 4.78 is 0. The molecule has 0 aromatic rings. The molecule has 2 unspecified atom stereocenters. The van der Waals surface area contributed by atoms with Gasteiger partial charge in [0.25, 0.3) is 5.91 Å². The molecule has 108 valence electrons. The summed E-state index contributed by atoms with van der Waals surface area (Å²) in [6.45, 7) is 11.0. The van der Waals surface area contributed by atoms with E-state index in [0.29, 0.717) is 10.7 Å². The number of carbonyl (C=O) groups excluding carboxylic acids is 1. The average molecular weight is 282 g/mol. The molecule has 1 amide bonds. The summed E-state index contributed by atoms with van der Waals surface area (Å²) in [6, 6.07) is 0. The van der Waals surface area contributed by atoms with Crippen LogP contribution in [0.15, 0.2) is 4.99 Å². The minimum atomic E-state index is 0.00683. The lowest BCUT2D eigenvalue weighted by molar-refractivity contribution is -0.123. The average Bonchev–Trinajstić information content (AvgIpc) is 2.27. The number of amides is 1. The first-order valence-corrected chi connectivity index (χ1v) is 8.01. The van der Waals surface area contributed by atoms with E-state index in [1.54, 1.807) is 0 Å². The van der Waals surface area contributed by atoms with E-state index in [-0.39, 0.29) is 17.4 Å². The predicted molar refractivity (Wildman–Crippen MR) is 82.5 cm³/mol. The Morgan fingerprint density at radius 2 is 2.00 bits per heavy atom. The van der Waals surface area contributed by atoms with Gasteiger partial charge in [0.15, 0.2) is 5.17 Å². The SMILES string of the molecule is CN(C1=NC(=O)C2CC(C)(C)CCC2S1)C(C)(C)C. The first kappa shape index (κ1) is 14.9. The minimum absolute atomic E-state index is 0.00683. The second-order valence-electron chi connectivity index (χ2n) is 7.63. The fraction of sp³-hybridized carbons (Fsp3) is 0.867. The van der Waals surface area contributed by atoms with Crippen molar-refractivity contribution in [1.82, 2.24) is 4.90 Å². The summed E-state index contributed by atoms with van der Waals surface area (Å²) >= 11 is 1.81. The molecule has 1 aliphatic carbocycles. The molecule has 0 aromatic carbocycles. The van der Waals surface area contributed by atoms with Crippen LogP contribution < -0.4 is 0 Å². The van der Waals surface area contributed by atoms with E-state index in [0.717, 1.165) is 18.0 Å². The van der Waals surface area contributed by atoms with Crippen molar-refractivity contribution in [2.75, 3.05) is 7.05 Å². The molecule has 2 aliphatic rings. The van der Waals surface area contributed by atoms with Crippen molar-refractivity contribution >= 4 is 22.8 Å². The molecule has 4 heteroatoms. The topological polar surface area (TPSA) is 32.7 Å². The highest BCUT2D eigenvalue weighted by atomic mass is 32.2. The van der Waals surface area contributed by atoms with Crippen molar-refractivity contribution < 1.29 is 4.79 Å². The van der Waals surface area contributed by atoms with Crippen LogP contribution in [0.3, 0.4) is 0 Å². The number of carbonyl (C=O) groups is 1. The van der Waals surface area contributed by atoms with Gasteiger partial charge in [0, 0.05) is 17.8 Å². The van der Waals surface area contributed by atoms with Crippen LogP contribution >= 0.6 is 11.8 Å². The summed E-state index contributed by atoms with van der Waals surface area (Å²) in [5.41, 5.74) is 0.299. The summed E-state index contributed by atoms with van der Waals surface area (Å²) in [7, 11) is 2.03. The lowest BCUT2D eigenvalue weighted by Crippen LogP contribution is -2.47. The Morgan fingerprint density at radius 1 is 1.37 bits per heavy atom. The first-order chi connectivity index (χ1) is 8.60. The lowest BCUT2D eigenvalue weighted by Gasteiger charge is -2.43. The summed E-state index contributed by atoms with van der Waals surface area (Å²) in [6.07, 6.45) is 3.32. The zero-order valence-electron chi connectivity index (χ0n) is 13.0. The third-order valence-corrected chi connectivity index (χ3v) is 5.84. The summed E-state index contributed by atoms with van der Waals surface area (Å²) in [4.78, 5) is 18.8. The van der Waals surface area contributed by atoms with Crippen molar-refractivity contribution in [1.29, 1.82) is 0 Å². The fourth-order valence-electron chi connectivity index (χ4n) is 2.73. The highest BCUT2D eigenvalue weighted by Gasteiger charge is 2.43. The van der Waals surface area contributed by atoms with Gasteiger partial charge in [-0.3, -0.25) is 4.79 Å². The second kappa shape index (κ2) is 4.80. The zero-order valence-corrected chi connectivity index (χ0v) is 13.8. The molecule has 0 N–H and O–H groups in total. The molecule has 19 heavy (non-hydrogen) atoms. The van der Waals surface area contributed by atoms with E-state index in [4.69, 9.17) is 0 Å². The van der Waals surface area contributed by atoms with Crippen LogP contribution in [-0.4, -0.2) is 33.8 Å². The molecule has 0 spiro atoms. The zero-order chi connectivity index (χ0) is 14.4. The molecule has 0 radical (unpaired) electrons. The van der Waals surface area contributed by atoms with Crippen LogP contribution in [0.4, 0.5) is 0 Å². The molecule has 1 saturated carbocycles. The number of hydrogen-bond donors (Lipinski definition) is 0. The standard InChI is InChI=1S/C15H26N2OS/c1-14(2,3)17(6)13-16-12(18)10-9-15(4,5)8-7-11(10)19-13/h10-11H,7-9H2,1-6H3. The van der Waals surface area contributed by atoms with Crippen LogP contribution in [-0.2, 0) is 4.79 Å². The quantitative estimate of drug-likeness (QED) is 0.681. The van der Waals surface area contributed by atoms with E-state index in [1.807, 2.05) is 18.8 Å². The number of hydrogen-bond acceptors (Lipinski definition) is 3. The Morgan fingerprint density at radius 3 is 2.58 bits per heavy atom. The molecular formula is C15H26N2OS. The van der Waals surface area contributed by atoms with Crippen molar-refractivity contribution in [2.45, 2.75) is 64.7 Å². The Labute approximate surface area is 121 Å². The predicted octanol–water partition coefficient (Wildman–Crippen LogP) is 3.54. The monoisotopic (exact) mass is 282 g/mol. The van der Waals surface area contributed by atoms with E-state index in [1.165, 1.54) is 6.42 Å². The largest absolute Gasteiger partial charge is 0.349 e. The van der Waals surface area contributed by atoms with Gasteiger partial charge in [-0.15, -0.1) is 0 Å². The van der Waals surface area contributed by atoms with Gasteiger partial charge in [0.1, 0.15) is 0 Å². The van der Waals surface area contributed by atoms with Crippen LogP contribution in [0, 0.1) is 11.3 Å². The molecule has 0 aromatic heterocycles. The molecule has 1 fully saturated rings. The molecule has 1 heterocycles. The number of nitrogens with zero attached hydrogens (tertiary/aromatic N) is 2. The van der Waals surface area contributed by atoms with Gasteiger partial charge >= 0.3 is 0 Å². The molecule has 0 saturated heterocycles. The van der Waals surface area contributed by atoms with E-state index < -0.39 is 0 Å². The Bertz CT molecular complexity index is 409. The third-order valence-electron chi connectivity index (χ3n) is 4.40. The molecule has 1 aliphatic heterocycles. The van der Waals surface area contributed by atoms with Crippen molar-refractivity contribution in [3.8, 4) is 0 Å². The van der Waals surface area contributed by atoms with Crippen molar-refractivity contribution in [3.63, 3.8) is 0 Å². The highest BCUT2D eigenvalue weighted by molar-refractivity contribution is 8.14. The van der Waals surface area contributed by atoms with Gasteiger partial charge in [0.05, 0.1) is 5.92 Å². The van der Waals surface area contributed by atoms with E-state index in [2.05, 4.69) is 44.5 Å². The second-order valence-corrected chi connectivity index (χ2v) is 8.84. The van der Waals surface area contributed by atoms with Gasteiger partial charge in [-0.05, 0) is 45.4 Å². The van der Waals surface area contributed by atoms with E-state index in [9.17, 15) is 4.79 Å². The maximum absolute atomic E-state index is 12.3. The number of aliphatic imine (C=N–C) groups is 1. The van der Waals surface area contributed by atoms with Crippen LogP contribution in [0.5, 0.6) is 0 Å². The Hall–Kier alpha value is -0.510. The summed E-state index contributed by atoms with van der Waals surface area (Å²) in [5, 5.41) is 1.33. The van der Waals surface area contributed by atoms with Gasteiger partial charge in [-0.2, -0.15) is 4.99 Å². The highest BCUT2D eigenvalue weighted by Crippen LogP contribution is 2.46. The Kier molecular flexibility index (Phi) is 3.76. The van der Waals surface area contributed by atoms with Gasteiger partial charge in [0.2, 0.25) is 0 Å². The van der Waals surface area contributed by atoms with Crippen LogP contribution in [0.25, 0.3) is 0 Å². The van der Waals surface area contributed by atoms with E-state index >= 15 is 0 Å². The molecule has 2 atom stereocenters. The van der Waals surface area contributed by atoms with Gasteiger partial charge in [-0.1, -0.05) is 25.6 Å². The summed E-state index contributed by atoms with van der Waals surface area (Å²) in [5.74, 6) is 0.230. The number of fused-ring (bicyclic) bond motifs is 1.